The van der Waals surface area contributed by atoms with E-state index in [0.717, 1.165) is 10.6 Å². The lowest BCUT2D eigenvalue weighted by atomic mass is 9.99. The molecular formula is C15H19N3OS. The van der Waals surface area contributed by atoms with Crippen LogP contribution in [0.25, 0.3) is 0 Å². The van der Waals surface area contributed by atoms with Crippen molar-refractivity contribution < 1.29 is 4.79 Å². The average Bonchev–Trinajstić information content (AvgIpc) is 2.97. The van der Waals surface area contributed by atoms with Crippen LogP contribution in [0, 0.1) is 0 Å². The highest BCUT2D eigenvalue weighted by molar-refractivity contribution is 7.09. The molecule has 1 aromatic carbocycles. The maximum atomic E-state index is 12.2. The van der Waals surface area contributed by atoms with Gasteiger partial charge in [-0.05, 0) is 24.6 Å². The third-order valence-corrected chi connectivity index (χ3v) is 4.27. The van der Waals surface area contributed by atoms with Crippen LogP contribution >= 0.6 is 11.3 Å². The van der Waals surface area contributed by atoms with Crippen LogP contribution < -0.4 is 11.1 Å². The van der Waals surface area contributed by atoms with Crippen molar-refractivity contribution in [3.8, 4) is 0 Å². The number of carbonyl (C=O) groups excluding carboxylic acids is 1. The van der Waals surface area contributed by atoms with Crippen LogP contribution in [0.2, 0.25) is 0 Å². The van der Waals surface area contributed by atoms with Crippen molar-refractivity contribution >= 4 is 22.9 Å². The highest BCUT2D eigenvalue weighted by Crippen LogP contribution is 2.19. The fourth-order valence-electron chi connectivity index (χ4n) is 1.95. The van der Waals surface area contributed by atoms with Crippen molar-refractivity contribution in [3.63, 3.8) is 0 Å². The summed E-state index contributed by atoms with van der Waals surface area (Å²) < 4.78 is 0. The number of rotatable bonds is 5. The van der Waals surface area contributed by atoms with Crippen molar-refractivity contribution in [2.24, 2.45) is 0 Å². The number of carbonyl (C=O) groups is 1. The first-order valence-corrected chi connectivity index (χ1v) is 7.48. The first kappa shape index (κ1) is 14.5. The predicted octanol–water partition coefficient (Wildman–Crippen LogP) is 2.75. The van der Waals surface area contributed by atoms with E-state index in [2.05, 4.69) is 17.2 Å². The van der Waals surface area contributed by atoms with Crippen LogP contribution in [0.4, 0.5) is 5.69 Å². The lowest BCUT2D eigenvalue weighted by Crippen LogP contribution is -2.31. The van der Waals surface area contributed by atoms with Gasteiger partial charge in [-0.2, -0.15) is 0 Å². The molecule has 2 rings (SSSR count). The number of hydrogen-bond acceptors (Lipinski definition) is 4. The average molecular weight is 289 g/mol. The highest BCUT2D eigenvalue weighted by atomic mass is 32.1. The number of nitrogen functional groups attached to an aromatic ring is 1. The number of hydrogen-bond donors (Lipinski definition) is 2. The Morgan fingerprint density at radius 2 is 2.25 bits per heavy atom. The summed E-state index contributed by atoms with van der Waals surface area (Å²) in [6.45, 7) is 4.54. The van der Waals surface area contributed by atoms with Crippen LogP contribution in [-0.2, 0) is 4.79 Å². The van der Waals surface area contributed by atoms with Crippen LogP contribution in [0.5, 0.6) is 0 Å². The molecule has 2 aromatic rings. The standard InChI is InChI=1S/C15H19N3OS/c1-10(15-17-6-7-20-15)9-18-14(19)11(2)12-4-3-5-13(16)8-12/h3-8,10-11H,9,16H2,1-2H3,(H,18,19). The van der Waals surface area contributed by atoms with Gasteiger partial charge in [-0.3, -0.25) is 4.79 Å². The van der Waals surface area contributed by atoms with Crippen LogP contribution in [0.1, 0.15) is 36.3 Å². The highest BCUT2D eigenvalue weighted by Gasteiger charge is 2.17. The number of thiazole rings is 1. The van der Waals surface area contributed by atoms with E-state index in [1.807, 2.05) is 36.6 Å². The topological polar surface area (TPSA) is 68.0 Å². The number of nitrogens with zero attached hydrogens (tertiary/aromatic N) is 1. The molecule has 0 aliphatic heterocycles. The summed E-state index contributed by atoms with van der Waals surface area (Å²) in [5.41, 5.74) is 7.36. The minimum Gasteiger partial charge on any atom is -0.399 e. The van der Waals surface area contributed by atoms with Crippen LogP contribution in [0.15, 0.2) is 35.8 Å². The molecule has 0 saturated heterocycles. The Labute approximate surface area is 123 Å². The lowest BCUT2D eigenvalue weighted by molar-refractivity contribution is -0.122. The molecule has 0 saturated carbocycles. The monoisotopic (exact) mass is 289 g/mol. The molecule has 1 aromatic heterocycles. The van der Waals surface area contributed by atoms with E-state index in [1.165, 1.54) is 0 Å². The minimum absolute atomic E-state index is 0.0130. The van der Waals surface area contributed by atoms with Gasteiger partial charge in [0.1, 0.15) is 0 Å². The van der Waals surface area contributed by atoms with Gasteiger partial charge in [0.25, 0.3) is 0 Å². The lowest BCUT2D eigenvalue weighted by Gasteiger charge is -2.15. The first-order valence-electron chi connectivity index (χ1n) is 6.60. The van der Waals surface area contributed by atoms with Crippen LogP contribution in [0.3, 0.4) is 0 Å². The van der Waals surface area contributed by atoms with Crippen LogP contribution in [-0.4, -0.2) is 17.4 Å². The van der Waals surface area contributed by atoms with Crippen molar-refractivity contribution in [3.05, 3.63) is 46.4 Å². The van der Waals surface area contributed by atoms with Crippen molar-refractivity contribution in [2.75, 3.05) is 12.3 Å². The summed E-state index contributed by atoms with van der Waals surface area (Å²) in [6.07, 6.45) is 1.79. The Bertz CT molecular complexity index is 568. The zero-order valence-corrected chi connectivity index (χ0v) is 12.5. The SMILES string of the molecule is CC(CNC(=O)C(C)c1cccc(N)c1)c1nccs1. The molecule has 2 atom stereocenters. The Balaban J connectivity index is 1.91. The van der Waals surface area contributed by atoms with E-state index >= 15 is 0 Å². The number of nitrogens with one attached hydrogen (secondary N) is 1. The first-order chi connectivity index (χ1) is 9.58. The number of aromatic nitrogens is 1. The Hall–Kier alpha value is -1.88. The van der Waals surface area contributed by atoms with Gasteiger partial charge < -0.3 is 11.1 Å². The molecule has 0 aliphatic carbocycles. The molecular weight excluding hydrogens is 270 g/mol. The maximum absolute atomic E-state index is 12.2. The van der Waals surface area contributed by atoms with Gasteiger partial charge in [0.05, 0.1) is 10.9 Å². The third kappa shape index (κ3) is 3.57. The molecule has 20 heavy (non-hydrogen) atoms. The Morgan fingerprint density at radius 1 is 1.45 bits per heavy atom. The molecule has 5 heteroatoms. The maximum Gasteiger partial charge on any atom is 0.227 e. The summed E-state index contributed by atoms with van der Waals surface area (Å²) in [6, 6.07) is 7.45. The normalized spacial score (nSPS) is 13.7. The Morgan fingerprint density at radius 3 is 2.90 bits per heavy atom. The summed E-state index contributed by atoms with van der Waals surface area (Å²) >= 11 is 1.61. The molecule has 1 amide bonds. The van der Waals surface area contributed by atoms with E-state index in [1.54, 1.807) is 17.5 Å². The summed E-state index contributed by atoms with van der Waals surface area (Å²) in [5, 5.41) is 5.97. The molecule has 106 valence electrons. The van der Waals surface area contributed by atoms with E-state index in [-0.39, 0.29) is 17.7 Å². The number of benzene rings is 1. The number of amides is 1. The van der Waals surface area contributed by atoms with Crippen molar-refractivity contribution in [2.45, 2.75) is 25.7 Å². The second kappa shape index (κ2) is 6.52. The summed E-state index contributed by atoms with van der Waals surface area (Å²) in [7, 11) is 0. The fraction of sp³-hybridized carbons (Fsp3) is 0.333. The molecule has 0 spiro atoms. The Kier molecular flexibility index (Phi) is 4.74. The van der Waals surface area contributed by atoms with Gasteiger partial charge in [-0.15, -0.1) is 11.3 Å². The van der Waals surface area contributed by atoms with Crippen molar-refractivity contribution in [1.82, 2.24) is 10.3 Å². The minimum atomic E-state index is -0.206. The summed E-state index contributed by atoms with van der Waals surface area (Å²) in [4.78, 5) is 16.4. The van der Waals surface area contributed by atoms with E-state index < -0.39 is 0 Å². The van der Waals surface area contributed by atoms with Gasteiger partial charge >= 0.3 is 0 Å². The largest absolute Gasteiger partial charge is 0.399 e. The van der Waals surface area contributed by atoms with Crippen molar-refractivity contribution in [1.29, 1.82) is 0 Å². The second-order valence-electron chi connectivity index (χ2n) is 4.91. The zero-order valence-electron chi connectivity index (χ0n) is 11.7. The van der Waals surface area contributed by atoms with Gasteiger partial charge in [0, 0.05) is 29.7 Å². The molecule has 0 radical (unpaired) electrons. The predicted molar refractivity (Wildman–Crippen MR) is 82.8 cm³/mol. The smallest absolute Gasteiger partial charge is 0.227 e. The van der Waals surface area contributed by atoms with Gasteiger partial charge in [-0.25, -0.2) is 4.98 Å². The van der Waals surface area contributed by atoms with Gasteiger partial charge in [0.2, 0.25) is 5.91 Å². The third-order valence-electron chi connectivity index (χ3n) is 3.26. The van der Waals surface area contributed by atoms with Gasteiger partial charge in [-0.1, -0.05) is 19.1 Å². The quantitative estimate of drug-likeness (QED) is 0.832. The molecule has 0 bridgehead atoms. The van der Waals surface area contributed by atoms with E-state index in [4.69, 9.17) is 5.73 Å². The molecule has 3 N–H and O–H groups in total. The molecule has 0 aliphatic rings. The van der Waals surface area contributed by atoms with Gasteiger partial charge in [0.15, 0.2) is 0 Å². The van der Waals surface area contributed by atoms with E-state index in [0.29, 0.717) is 12.2 Å². The molecule has 2 unspecified atom stereocenters. The molecule has 0 fully saturated rings. The number of anilines is 1. The molecule has 1 heterocycles. The molecule has 4 nitrogen and oxygen atoms in total. The second-order valence-corrected chi connectivity index (χ2v) is 5.83. The zero-order chi connectivity index (χ0) is 14.5. The fourth-order valence-corrected chi connectivity index (χ4v) is 2.65. The summed E-state index contributed by atoms with van der Waals surface area (Å²) in [5.74, 6) is 0.0352. The number of nitrogens with two attached hydrogens (primary N) is 1. The van der Waals surface area contributed by atoms with E-state index in [9.17, 15) is 4.79 Å².